The Morgan fingerprint density at radius 1 is 1.22 bits per heavy atom. The van der Waals surface area contributed by atoms with E-state index in [9.17, 15) is 0 Å². The summed E-state index contributed by atoms with van der Waals surface area (Å²) in [5.74, 6) is 0. The third-order valence-corrected chi connectivity index (χ3v) is 3.40. The van der Waals surface area contributed by atoms with Gasteiger partial charge in [-0.25, -0.2) is 0 Å². The highest BCUT2D eigenvalue weighted by atomic mass is 15.4. The number of nitrogens with zero attached hydrogens (tertiary/aromatic N) is 2. The molecule has 2 rings (SSSR count). The molecule has 2 nitrogen and oxygen atoms in total. The molecule has 96 valence electrons. The van der Waals surface area contributed by atoms with Gasteiger partial charge in [0.05, 0.1) is 0 Å². The predicted octanol–water partition coefficient (Wildman–Crippen LogP) is 3.59. The lowest BCUT2D eigenvalue weighted by atomic mass is 10.1. The van der Waals surface area contributed by atoms with Gasteiger partial charge in [0, 0.05) is 25.4 Å². The highest BCUT2D eigenvalue weighted by Gasteiger charge is 2.24. The zero-order chi connectivity index (χ0) is 12.8. The monoisotopic (exact) mass is 242 g/mol. The second-order valence-corrected chi connectivity index (χ2v) is 4.69. The zero-order valence-electron chi connectivity index (χ0n) is 11.1. The molecule has 1 heterocycles. The molecular weight excluding hydrogens is 220 g/mol. The van der Waals surface area contributed by atoms with Crippen LogP contribution in [0.25, 0.3) is 0 Å². The summed E-state index contributed by atoms with van der Waals surface area (Å²) in [6, 6.07) is 10.7. The summed E-state index contributed by atoms with van der Waals surface area (Å²) < 4.78 is 0. The number of hydrogen-bond donors (Lipinski definition) is 0. The second-order valence-electron chi connectivity index (χ2n) is 4.69. The molecule has 0 saturated carbocycles. The number of unbranched alkanes of at least 4 members (excludes halogenated alkanes) is 1. The fraction of sp³-hybridized carbons (Fsp3) is 0.375. The Balaban J connectivity index is 2.04. The van der Waals surface area contributed by atoms with Crippen LogP contribution in [0.15, 0.2) is 55.5 Å². The van der Waals surface area contributed by atoms with Gasteiger partial charge >= 0.3 is 0 Å². The fourth-order valence-corrected chi connectivity index (χ4v) is 2.33. The van der Waals surface area contributed by atoms with Crippen LogP contribution in [0.5, 0.6) is 0 Å². The minimum Gasteiger partial charge on any atom is -0.355 e. The molecule has 0 aromatic heterocycles. The number of rotatable bonds is 6. The van der Waals surface area contributed by atoms with Crippen molar-refractivity contribution < 1.29 is 0 Å². The Hall–Kier alpha value is -1.70. The molecule has 2 heteroatoms. The first kappa shape index (κ1) is 12.7. The van der Waals surface area contributed by atoms with Crippen LogP contribution in [0.3, 0.4) is 0 Å². The normalized spacial score (nSPS) is 18.4. The average Bonchev–Trinajstić information content (AvgIpc) is 2.80. The molecule has 18 heavy (non-hydrogen) atoms. The average molecular weight is 242 g/mol. The third-order valence-electron chi connectivity index (χ3n) is 3.40. The standard InChI is InChI=1S/C16H22N2/c1-3-5-11-18-13-12-17(4-2)16(18)14-15-9-7-6-8-10-15/h4,6-10,12-13,16H,2-3,5,11,14H2,1H3. The SMILES string of the molecule is C=CN1C=CN(CCCC)C1Cc1ccccc1. The van der Waals surface area contributed by atoms with Gasteiger partial charge in [0.1, 0.15) is 6.17 Å². The topological polar surface area (TPSA) is 6.48 Å². The van der Waals surface area contributed by atoms with E-state index in [4.69, 9.17) is 0 Å². The van der Waals surface area contributed by atoms with E-state index in [0.717, 1.165) is 13.0 Å². The van der Waals surface area contributed by atoms with E-state index in [1.54, 1.807) is 0 Å². The molecule has 0 amide bonds. The highest BCUT2D eigenvalue weighted by Crippen LogP contribution is 2.20. The lowest BCUT2D eigenvalue weighted by molar-refractivity contribution is 0.190. The first-order valence-electron chi connectivity index (χ1n) is 6.73. The zero-order valence-corrected chi connectivity index (χ0v) is 11.1. The Labute approximate surface area is 110 Å². The maximum atomic E-state index is 3.90. The molecule has 1 aromatic carbocycles. The van der Waals surface area contributed by atoms with E-state index in [1.807, 2.05) is 6.20 Å². The van der Waals surface area contributed by atoms with E-state index in [1.165, 1.54) is 18.4 Å². The van der Waals surface area contributed by atoms with Crippen LogP contribution in [0.4, 0.5) is 0 Å². The van der Waals surface area contributed by atoms with Crippen molar-refractivity contribution in [2.75, 3.05) is 6.54 Å². The van der Waals surface area contributed by atoms with Gasteiger partial charge < -0.3 is 9.80 Å². The number of hydrogen-bond acceptors (Lipinski definition) is 2. The maximum Gasteiger partial charge on any atom is 0.109 e. The smallest absolute Gasteiger partial charge is 0.109 e. The van der Waals surface area contributed by atoms with Crippen molar-refractivity contribution in [3.05, 3.63) is 61.1 Å². The molecular formula is C16H22N2. The van der Waals surface area contributed by atoms with Gasteiger partial charge in [-0.2, -0.15) is 0 Å². The van der Waals surface area contributed by atoms with E-state index in [0.29, 0.717) is 6.17 Å². The summed E-state index contributed by atoms with van der Waals surface area (Å²) >= 11 is 0. The Morgan fingerprint density at radius 3 is 2.67 bits per heavy atom. The summed E-state index contributed by atoms with van der Waals surface area (Å²) in [6.45, 7) is 7.25. The van der Waals surface area contributed by atoms with Crippen LogP contribution < -0.4 is 0 Å². The van der Waals surface area contributed by atoms with E-state index < -0.39 is 0 Å². The summed E-state index contributed by atoms with van der Waals surface area (Å²) in [5.41, 5.74) is 1.37. The molecule has 1 atom stereocenters. The van der Waals surface area contributed by atoms with Crippen LogP contribution in [0.2, 0.25) is 0 Å². The van der Waals surface area contributed by atoms with Gasteiger partial charge in [-0.3, -0.25) is 0 Å². The quantitative estimate of drug-likeness (QED) is 0.752. The van der Waals surface area contributed by atoms with Crippen LogP contribution in [0.1, 0.15) is 25.3 Å². The van der Waals surface area contributed by atoms with Crippen molar-refractivity contribution in [3.8, 4) is 0 Å². The maximum absolute atomic E-state index is 3.90. The van der Waals surface area contributed by atoms with Crippen molar-refractivity contribution in [1.82, 2.24) is 9.80 Å². The third kappa shape index (κ3) is 2.95. The molecule has 1 unspecified atom stereocenters. The molecule has 1 aromatic rings. The Kier molecular flexibility index (Phi) is 4.46. The van der Waals surface area contributed by atoms with E-state index in [-0.39, 0.29) is 0 Å². The summed E-state index contributed by atoms with van der Waals surface area (Å²) in [6.07, 6.45) is 10.1. The van der Waals surface area contributed by atoms with Crippen LogP contribution >= 0.6 is 0 Å². The highest BCUT2D eigenvalue weighted by molar-refractivity contribution is 5.17. The van der Waals surface area contributed by atoms with Crippen LogP contribution in [0, 0.1) is 0 Å². The minimum absolute atomic E-state index is 0.386. The van der Waals surface area contributed by atoms with Crippen molar-refractivity contribution in [3.63, 3.8) is 0 Å². The van der Waals surface area contributed by atoms with Gasteiger partial charge in [-0.1, -0.05) is 50.3 Å². The first-order valence-corrected chi connectivity index (χ1v) is 6.73. The van der Waals surface area contributed by atoms with Gasteiger partial charge in [0.15, 0.2) is 0 Å². The van der Waals surface area contributed by atoms with Crippen LogP contribution in [-0.2, 0) is 6.42 Å². The lowest BCUT2D eigenvalue weighted by Crippen LogP contribution is -2.38. The number of benzene rings is 1. The second kappa shape index (κ2) is 6.29. The van der Waals surface area contributed by atoms with Crippen molar-refractivity contribution in [2.24, 2.45) is 0 Å². The molecule has 0 bridgehead atoms. The van der Waals surface area contributed by atoms with Gasteiger partial charge in [0.25, 0.3) is 0 Å². The summed E-state index contributed by atoms with van der Waals surface area (Å²) in [7, 11) is 0. The molecule has 0 fully saturated rings. The molecule has 1 aliphatic rings. The molecule has 1 aliphatic heterocycles. The van der Waals surface area contributed by atoms with Crippen molar-refractivity contribution in [1.29, 1.82) is 0 Å². The van der Waals surface area contributed by atoms with Gasteiger partial charge in [-0.05, 0) is 18.2 Å². The molecule has 0 spiro atoms. The van der Waals surface area contributed by atoms with E-state index in [2.05, 4.69) is 66.0 Å². The fourth-order valence-electron chi connectivity index (χ4n) is 2.33. The molecule has 0 aliphatic carbocycles. The molecule has 0 N–H and O–H groups in total. The van der Waals surface area contributed by atoms with Gasteiger partial charge in [-0.15, -0.1) is 0 Å². The lowest BCUT2D eigenvalue weighted by Gasteiger charge is -2.31. The largest absolute Gasteiger partial charge is 0.355 e. The minimum atomic E-state index is 0.386. The van der Waals surface area contributed by atoms with Crippen LogP contribution in [-0.4, -0.2) is 22.5 Å². The summed E-state index contributed by atoms with van der Waals surface area (Å²) in [4.78, 5) is 4.61. The molecule has 0 radical (unpaired) electrons. The van der Waals surface area contributed by atoms with E-state index >= 15 is 0 Å². The summed E-state index contributed by atoms with van der Waals surface area (Å²) in [5, 5.41) is 0. The first-order chi connectivity index (χ1) is 8.85. The Bertz CT molecular complexity index is 397. The predicted molar refractivity (Wildman–Crippen MR) is 76.7 cm³/mol. The van der Waals surface area contributed by atoms with Crippen molar-refractivity contribution in [2.45, 2.75) is 32.4 Å². The Morgan fingerprint density at radius 2 is 2.00 bits per heavy atom. The van der Waals surface area contributed by atoms with Gasteiger partial charge in [0.2, 0.25) is 0 Å². The van der Waals surface area contributed by atoms with Crippen molar-refractivity contribution >= 4 is 0 Å². The molecule has 0 saturated heterocycles.